The van der Waals surface area contributed by atoms with Gasteiger partial charge in [0.25, 0.3) is 5.91 Å². The number of aliphatic imine (C=N–C) groups is 1. The third-order valence-corrected chi connectivity index (χ3v) is 5.26. The predicted molar refractivity (Wildman–Crippen MR) is 109 cm³/mol. The Kier molecular flexibility index (Phi) is 4.57. The van der Waals surface area contributed by atoms with E-state index in [0.717, 1.165) is 20.6 Å². The SMILES string of the molecule is N=C1C(=Cc2cccc(Br)c2)C(=O)N=C2SC(Cc3ccccc3)=NN12. The molecule has 128 valence electrons. The first-order valence-corrected chi connectivity index (χ1v) is 9.50. The van der Waals surface area contributed by atoms with Crippen LogP contribution in [0.1, 0.15) is 11.1 Å². The molecule has 0 fully saturated rings. The zero-order chi connectivity index (χ0) is 18.1. The maximum Gasteiger partial charge on any atom is 0.283 e. The second kappa shape index (κ2) is 7.01. The van der Waals surface area contributed by atoms with Crippen LogP contribution in [0.25, 0.3) is 6.08 Å². The summed E-state index contributed by atoms with van der Waals surface area (Å²) in [4.78, 5) is 16.5. The van der Waals surface area contributed by atoms with Crippen molar-refractivity contribution in [2.24, 2.45) is 10.1 Å². The number of fused-ring (bicyclic) bond motifs is 1. The lowest BCUT2D eigenvalue weighted by molar-refractivity contribution is -0.114. The quantitative estimate of drug-likeness (QED) is 0.746. The molecule has 0 aliphatic carbocycles. The number of amides is 1. The molecular formula is C19H13BrN4OS. The summed E-state index contributed by atoms with van der Waals surface area (Å²) in [5, 5.41) is 15.6. The lowest BCUT2D eigenvalue weighted by atomic mass is 10.1. The largest absolute Gasteiger partial charge is 0.283 e. The van der Waals surface area contributed by atoms with E-state index in [4.69, 9.17) is 5.41 Å². The third-order valence-electron chi connectivity index (χ3n) is 3.85. The summed E-state index contributed by atoms with van der Waals surface area (Å²) < 4.78 is 0.908. The summed E-state index contributed by atoms with van der Waals surface area (Å²) in [7, 11) is 0. The van der Waals surface area contributed by atoms with Crippen LogP contribution in [0.15, 0.2) is 74.7 Å². The zero-order valence-electron chi connectivity index (χ0n) is 13.5. The maximum atomic E-state index is 12.4. The van der Waals surface area contributed by atoms with Crippen molar-refractivity contribution >= 4 is 55.7 Å². The van der Waals surface area contributed by atoms with Crippen LogP contribution in [0.4, 0.5) is 0 Å². The van der Waals surface area contributed by atoms with Gasteiger partial charge in [0.05, 0.1) is 5.57 Å². The number of nitrogens with zero attached hydrogens (tertiary/aromatic N) is 3. The van der Waals surface area contributed by atoms with Crippen molar-refractivity contribution in [1.29, 1.82) is 5.41 Å². The van der Waals surface area contributed by atoms with E-state index in [1.807, 2.05) is 54.6 Å². The normalized spacial score (nSPS) is 18.0. The molecule has 0 aromatic heterocycles. The zero-order valence-corrected chi connectivity index (χ0v) is 15.9. The van der Waals surface area contributed by atoms with E-state index in [1.165, 1.54) is 16.8 Å². The summed E-state index contributed by atoms with van der Waals surface area (Å²) in [6, 6.07) is 17.5. The average Bonchev–Trinajstić information content (AvgIpc) is 3.02. The predicted octanol–water partition coefficient (Wildman–Crippen LogP) is 4.31. The molecule has 5 nitrogen and oxygen atoms in total. The highest BCUT2D eigenvalue weighted by atomic mass is 79.9. The van der Waals surface area contributed by atoms with Gasteiger partial charge in [-0.05, 0) is 41.1 Å². The number of carbonyl (C=O) groups excluding carboxylic acids is 1. The summed E-state index contributed by atoms with van der Waals surface area (Å²) in [6.07, 6.45) is 2.32. The number of halogens is 1. The standard InChI is InChI=1S/C19H13BrN4OS/c20-14-8-4-7-13(9-14)10-15-17(21)24-19(22-18(15)25)26-16(23-24)11-12-5-2-1-3-6-12/h1-10,21H,11H2. The first-order chi connectivity index (χ1) is 12.6. The second-order valence-corrected chi connectivity index (χ2v) is 7.69. The van der Waals surface area contributed by atoms with Gasteiger partial charge in [0.2, 0.25) is 5.17 Å². The first kappa shape index (κ1) is 16.9. The van der Waals surface area contributed by atoms with Crippen LogP contribution >= 0.6 is 27.7 Å². The number of hydrazone groups is 1. The smallest absolute Gasteiger partial charge is 0.282 e. The Hall–Kier alpha value is -2.51. The molecule has 0 saturated carbocycles. The van der Waals surface area contributed by atoms with Crippen molar-refractivity contribution in [1.82, 2.24) is 5.01 Å². The minimum Gasteiger partial charge on any atom is -0.282 e. The number of hydrogen-bond acceptors (Lipinski definition) is 4. The Morgan fingerprint density at radius 3 is 2.73 bits per heavy atom. The minimum absolute atomic E-state index is 0.0514. The summed E-state index contributed by atoms with van der Waals surface area (Å²) >= 11 is 4.75. The van der Waals surface area contributed by atoms with Crippen LogP contribution < -0.4 is 0 Å². The van der Waals surface area contributed by atoms with Crippen molar-refractivity contribution in [3.63, 3.8) is 0 Å². The Morgan fingerprint density at radius 2 is 1.96 bits per heavy atom. The van der Waals surface area contributed by atoms with E-state index in [1.54, 1.807) is 6.08 Å². The Morgan fingerprint density at radius 1 is 1.15 bits per heavy atom. The number of hydrogen-bond donors (Lipinski definition) is 1. The lowest BCUT2D eigenvalue weighted by Crippen LogP contribution is -2.35. The van der Waals surface area contributed by atoms with Gasteiger partial charge in [-0.3, -0.25) is 10.2 Å². The lowest BCUT2D eigenvalue weighted by Gasteiger charge is -2.20. The van der Waals surface area contributed by atoms with Crippen LogP contribution in [0.3, 0.4) is 0 Å². The van der Waals surface area contributed by atoms with Crippen LogP contribution in [0.2, 0.25) is 0 Å². The number of thioether (sulfide) groups is 1. The maximum absolute atomic E-state index is 12.4. The van der Waals surface area contributed by atoms with E-state index < -0.39 is 5.91 Å². The third kappa shape index (κ3) is 3.40. The van der Waals surface area contributed by atoms with Gasteiger partial charge < -0.3 is 0 Å². The molecule has 7 heteroatoms. The van der Waals surface area contributed by atoms with Crippen LogP contribution in [0.5, 0.6) is 0 Å². The first-order valence-electron chi connectivity index (χ1n) is 7.89. The molecule has 4 rings (SSSR count). The van der Waals surface area contributed by atoms with Gasteiger partial charge in [-0.1, -0.05) is 58.4 Å². The van der Waals surface area contributed by atoms with Gasteiger partial charge in [0.15, 0.2) is 5.84 Å². The van der Waals surface area contributed by atoms with Crippen molar-refractivity contribution in [2.75, 3.05) is 0 Å². The van der Waals surface area contributed by atoms with Crippen molar-refractivity contribution in [2.45, 2.75) is 6.42 Å². The molecule has 2 aromatic carbocycles. The van der Waals surface area contributed by atoms with Gasteiger partial charge in [0.1, 0.15) is 5.04 Å². The molecule has 1 N–H and O–H groups in total. The number of benzene rings is 2. The Labute approximate surface area is 163 Å². The monoisotopic (exact) mass is 424 g/mol. The second-order valence-electron chi connectivity index (χ2n) is 5.73. The summed E-state index contributed by atoms with van der Waals surface area (Å²) in [6.45, 7) is 0. The molecule has 2 aliphatic heterocycles. The molecule has 0 atom stereocenters. The molecule has 2 aliphatic rings. The van der Waals surface area contributed by atoms with Gasteiger partial charge in [-0.15, -0.1) is 0 Å². The Balaban J connectivity index is 1.62. The molecule has 26 heavy (non-hydrogen) atoms. The average molecular weight is 425 g/mol. The van der Waals surface area contributed by atoms with Gasteiger partial charge in [-0.25, -0.2) is 0 Å². The van der Waals surface area contributed by atoms with E-state index in [-0.39, 0.29) is 11.4 Å². The fourth-order valence-corrected chi connectivity index (χ4v) is 3.97. The molecule has 0 bridgehead atoms. The molecule has 2 aromatic rings. The number of nitrogens with one attached hydrogen (secondary N) is 1. The highest BCUT2D eigenvalue weighted by molar-refractivity contribution is 9.10. The van der Waals surface area contributed by atoms with Crippen molar-refractivity contribution in [3.05, 3.63) is 75.8 Å². The topological polar surface area (TPSA) is 68.9 Å². The molecule has 0 radical (unpaired) electrons. The number of rotatable bonds is 3. The van der Waals surface area contributed by atoms with E-state index in [9.17, 15) is 4.79 Å². The highest BCUT2D eigenvalue weighted by Gasteiger charge is 2.35. The van der Waals surface area contributed by atoms with Gasteiger partial charge in [0, 0.05) is 10.9 Å². The van der Waals surface area contributed by atoms with Gasteiger partial charge >= 0.3 is 0 Å². The van der Waals surface area contributed by atoms with Gasteiger partial charge in [-0.2, -0.15) is 15.1 Å². The fraction of sp³-hybridized carbons (Fsp3) is 0.0526. The summed E-state index contributed by atoms with van der Waals surface area (Å²) in [5.41, 5.74) is 2.19. The minimum atomic E-state index is -0.412. The fourth-order valence-electron chi connectivity index (χ4n) is 2.64. The van der Waals surface area contributed by atoms with E-state index >= 15 is 0 Å². The molecule has 0 unspecified atom stereocenters. The van der Waals surface area contributed by atoms with Crippen molar-refractivity contribution in [3.8, 4) is 0 Å². The van der Waals surface area contributed by atoms with Crippen LogP contribution in [-0.4, -0.2) is 27.0 Å². The molecule has 1 amide bonds. The molecule has 0 spiro atoms. The highest BCUT2D eigenvalue weighted by Crippen LogP contribution is 2.29. The molecule has 0 saturated heterocycles. The molecule has 2 heterocycles. The Bertz CT molecular complexity index is 998. The van der Waals surface area contributed by atoms with E-state index in [2.05, 4.69) is 26.0 Å². The van der Waals surface area contributed by atoms with Crippen LogP contribution in [-0.2, 0) is 11.2 Å². The van der Waals surface area contributed by atoms with Crippen LogP contribution in [0, 0.1) is 5.41 Å². The summed E-state index contributed by atoms with van der Waals surface area (Å²) in [5.74, 6) is -0.361. The number of carbonyl (C=O) groups is 1. The number of amidine groups is 2. The van der Waals surface area contributed by atoms with E-state index in [0.29, 0.717) is 11.6 Å². The molecular weight excluding hydrogens is 412 g/mol. The van der Waals surface area contributed by atoms with Crippen molar-refractivity contribution < 1.29 is 4.79 Å².